The molecular weight excluding hydrogens is 664 g/mol. The maximum atomic E-state index is 14.5. The lowest BCUT2D eigenvalue weighted by atomic mass is 10.0. The van der Waals surface area contributed by atoms with Gasteiger partial charge in [0.15, 0.2) is 0 Å². The van der Waals surface area contributed by atoms with Crippen LogP contribution in [-0.2, 0) is 32.6 Å². The molecule has 4 rings (SSSR count). The van der Waals surface area contributed by atoms with Gasteiger partial charge in [0, 0.05) is 19.0 Å². The number of carbonyl (C=O) groups excluding carboxylic acids is 2. The van der Waals surface area contributed by atoms with Gasteiger partial charge in [-0.2, -0.15) is 0 Å². The Morgan fingerprint density at radius 1 is 0.872 bits per heavy atom. The predicted molar refractivity (Wildman–Crippen MR) is 183 cm³/mol. The summed E-state index contributed by atoms with van der Waals surface area (Å²) in [4.78, 5) is 29.4. The van der Waals surface area contributed by atoms with Gasteiger partial charge < -0.3 is 15.0 Å². The molecule has 4 aromatic carbocycles. The van der Waals surface area contributed by atoms with Crippen molar-refractivity contribution in [2.45, 2.75) is 50.7 Å². The van der Waals surface area contributed by atoms with E-state index in [1.807, 2.05) is 51.1 Å². The Labute approximate surface area is 285 Å². The molecular formula is C35H36Cl2FN3O5S. The van der Waals surface area contributed by atoms with E-state index in [1.165, 1.54) is 17.0 Å². The van der Waals surface area contributed by atoms with Crippen LogP contribution in [0.3, 0.4) is 0 Å². The Balaban J connectivity index is 1.82. The number of benzene rings is 4. The number of hydrogen-bond acceptors (Lipinski definition) is 5. The molecule has 0 saturated heterocycles. The van der Waals surface area contributed by atoms with Crippen molar-refractivity contribution < 1.29 is 27.1 Å². The van der Waals surface area contributed by atoms with Gasteiger partial charge in [0.2, 0.25) is 11.8 Å². The van der Waals surface area contributed by atoms with Gasteiger partial charge in [0.1, 0.15) is 24.2 Å². The molecule has 0 aliphatic heterocycles. The molecule has 1 N–H and O–H groups in total. The second-order valence-electron chi connectivity index (χ2n) is 11.0. The summed E-state index contributed by atoms with van der Waals surface area (Å²) in [5.41, 5.74) is 1.55. The number of anilines is 1. The Kier molecular flexibility index (Phi) is 12.3. The third-order valence-electron chi connectivity index (χ3n) is 7.16. The van der Waals surface area contributed by atoms with Gasteiger partial charge in [0.05, 0.1) is 27.2 Å². The van der Waals surface area contributed by atoms with Crippen LogP contribution >= 0.6 is 23.2 Å². The zero-order valence-corrected chi connectivity index (χ0v) is 28.5. The molecule has 0 saturated carbocycles. The Hall–Kier alpha value is -4.12. The second-order valence-corrected chi connectivity index (χ2v) is 13.7. The lowest BCUT2D eigenvalue weighted by molar-refractivity contribution is -0.140. The average Bonchev–Trinajstić information content (AvgIpc) is 3.04. The Morgan fingerprint density at radius 2 is 1.53 bits per heavy atom. The molecule has 0 aliphatic carbocycles. The number of ether oxygens (including phenoxy) is 1. The summed E-state index contributed by atoms with van der Waals surface area (Å²) < 4.78 is 48.4. The summed E-state index contributed by atoms with van der Waals surface area (Å²) in [6, 6.07) is 23.4. The van der Waals surface area contributed by atoms with Crippen molar-refractivity contribution in [2.24, 2.45) is 0 Å². The van der Waals surface area contributed by atoms with Gasteiger partial charge >= 0.3 is 0 Å². The summed E-state index contributed by atoms with van der Waals surface area (Å²) in [7, 11) is -4.39. The summed E-state index contributed by atoms with van der Waals surface area (Å²) in [5, 5.41) is 3.49. The maximum Gasteiger partial charge on any atom is 0.264 e. The van der Waals surface area contributed by atoms with Crippen LogP contribution in [0.5, 0.6) is 5.75 Å². The third kappa shape index (κ3) is 9.47. The van der Waals surface area contributed by atoms with Crippen LogP contribution in [0.25, 0.3) is 0 Å². The monoisotopic (exact) mass is 699 g/mol. The highest BCUT2D eigenvalue weighted by molar-refractivity contribution is 7.92. The zero-order valence-electron chi connectivity index (χ0n) is 26.2. The van der Waals surface area contributed by atoms with Crippen molar-refractivity contribution in [2.75, 3.05) is 17.5 Å². The number of nitrogens with zero attached hydrogens (tertiary/aromatic N) is 2. The quantitative estimate of drug-likeness (QED) is 0.155. The highest BCUT2D eigenvalue weighted by atomic mass is 35.5. The lowest BCUT2D eigenvalue weighted by Gasteiger charge is -2.34. The van der Waals surface area contributed by atoms with Crippen molar-refractivity contribution in [3.8, 4) is 5.75 Å². The number of amides is 2. The van der Waals surface area contributed by atoms with E-state index in [4.69, 9.17) is 27.9 Å². The predicted octanol–water partition coefficient (Wildman–Crippen LogP) is 6.89. The van der Waals surface area contributed by atoms with Gasteiger partial charge in [0.25, 0.3) is 10.0 Å². The first-order valence-electron chi connectivity index (χ1n) is 15.0. The molecule has 8 nitrogen and oxygen atoms in total. The van der Waals surface area contributed by atoms with Crippen molar-refractivity contribution >= 4 is 50.7 Å². The largest absolute Gasteiger partial charge is 0.494 e. The summed E-state index contributed by atoms with van der Waals surface area (Å²) in [6.07, 6.45) is 0.153. The normalized spacial score (nSPS) is 12.0. The molecule has 2 amide bonds. The molecule has 0 fully saturated rings. The lowest BCUT2D eigenvalue weighted by Crippen LogP contribution is -2.54. The minimum Gasteiger partial charge on any atom is -0.494 e. The van der Waals surface area contributed by atoms with Crippen LogP contribution in [0, 0.1) is 5.82 Å². The number of halogens is 3. The topological polar surface area (TPSA) is 96.0 Å². The molecule has 0 heterocycles. The van der Waals surface area contributed by atoms with Crippen LogP contribution in [0.2, 0.25) is 10.0 Å². The van der Waals surface area contributed by atoms with Crippen LogP contribution in [0.1, 0.15) is 31.9 Å². The summed E-state index contributed by atoms with van der Waals surface area (Å²) in [6.45, 7) is 5.10. The van der Waals surface area contributed by atoms with E-state index in [2.05, 4.69) is 5.32 Å². The fourth-order valence-corrected chi connectivity index (χ4v) is 6.64. The fraction of sp³-hybridized carbons (Fsp3) is 0.257. The number of nitrogens with one attached hydrogen (secondary N) is 1. The third-order valence-corrected chi connectivity index (χ3v) is 9.68. The van der Waals surface area contributed by atoms with Crippen LogP contribution in [0.15, 0.2) is 102 Å². The molecule has 0 aromatic heterocycles. The highest BCUT2D eigenvalue weighted by Crippen LogP contribution is 2.28. The van der Waals surface area contributed by atoms with Crippen molar-refractivity contribution in [1.29, 1.82) is 0 Å². The van der Waals surface area contributed by atoms with Crippen molar-refractivity contribution in [3.05, 3.63) is 124 Å². The number of hydrogen-bond donors (Lipinski definition) is 1. The molecule has 1 unspecified atom stereocenters. The first kappa shape index (κ1) is 35.7. The standard InChI is InChI=1S/C35H36Cl2FN3O5S/c1-4-46-29-15-13-28(14-16-29)41(47(44,45)30-17-11-27(38)12-18-30)23-34(42)40(22-26-10-19-31(36)32(37)20-26)33(35(43)39-24(2)3)21-25-8-6-5-7-9-25/h5-20,24,33H,4,21-23H2,1-3H3,(H,39,43). The fourth-order valence-electron chi connectivity index (χ4n) is 4.91. The SMILES string of the molecule is CCOc1ccc(N(CC(=O)N(Cc2ccc(Cl)c(Cl)c2)C(Cc2ccccc2)C(=O)NC(C)C)S(=O)(=O)c2ccc(F)cc2)cc1. The van der Waals surface area contributed by atoms with E-state index in [1.54, 1.807) is 30.3 Å². The van der Waals surface area contributed by atoms with Gasteiger partial charge in [-0.05, 0) is 92.6 Å². The second kappa shape index (κ2) is 16.1. The average molecular weight is 701 g/mol. The van der Waals surface area contributed by atoms with E-state index in [-0.39, 0.29) is 34.6 Å². The first-order chi connectivity index (χ1) is 22.4. The van der Waals surface area contributed by atoms with E-state index in [0.29, 0.717) is 22.9 Å². The minimum absolute atomic E-state index is 0.0769. The molecule has 1 atom stereocenters. The molecule has 12 heteroatoms. The first-order valence-corrected chi connectivity index (χ1v) is 17.2. The molecule has 0 aliphatic rings. The van der Waals surface area contributed by atoms with E-state index in [9.17, 15) is 22.4 Å². The van der Waals surface area contributed by atoms with Crippen molar-refractivity contribution in [3.63, 3.8) is 0 Å². The maximum absolute atomic E-state index is 14.5. The molecule has 248 valence electrons. The number of rotatable bonds is 14. The zero-order chi connectivity index (χ0) is 34.1. The van der Waals surface area contributed by atoms with Gasteiger partial charge in [-0.15, -0.1) is 0 Å². The van der Waals surface area contributed by atoms with Gasteiger partial charge in [-0.3, -0.25) is 13.9 Å². The van der Waals surface area contributed by atoms with Gasteiger partial charge in [-0.1, -0.05) is 59.6 Å². The van der Waals surface area contributed by atoms with Crippen LogP contribution in [-0.4, -0.2) is 50.4 Å². The molecule has 0 spiro atoms. The molecule has 0 radical (unpaired) electrons. The van der Waals surface area contributed by atoms with E-state index >= 15 is 0 Å². The number of carbonyl (C=O) groups is 2. The van der Waals surface area contributed by atoms with Crippen molar-refractivity contribution in [1.82, 2.24) is 10.2 Å². The van der Waals surface area contributed by atoms with E-state index < -0.39 is 40.2 Å². The summed E-state index contributed by atoms with van der Waals surface area (Å²) in [5.74, 6) is -1.17. The van der Waals surface area contributed by atoms with E-state index in [0.717, 1.165) is 34.1 Å². The highest BCUT2D eigenvalue weighted by Gasteiger charge is 2.35. The number of sulfonamides is 1. The van der Waals surface area contributed by atoms with Crippen LogP contribution < -0.4 is 14.4 Å². The smallest absolute Gasteiger partial charge is 0.264 e. The Morgan fingerprint density at radius 3 is 2.13 bits per heavy atom. The summed E-state index contributed by atoms with van der Waals surface area (Å²) >= 11 is 12.5. The minimum atomic E-state index is -4.39. The molecule has 4 aromatic rings. The van der Waals surface area contributed by atoms with Crippen LogP contribution in [0.4, 0.5) is 10.1 Å². The van der Waals surface area contributed by atoms with Gasteiger partial charge in [-0.25, -0.2) is 12.8 Å². The molecule has 47 heavy (non-hydrogen) atoms. The molecule has 0 bridgehead atoms. The Bertz CT molecular complexity index is 1770.